The second-order valence-corrected chi connectivity index (χ2v) is 8.49. The normalized spacial score (nSPS) is 11.7. The Labute approximate surface area is 203 Å². The number of anilines is 1. The number of carbonyl (C=O) groups is 1. The number of aromatic nitrogens is 4. The number of benzene rings is 2. The Kier molecular flexibility index (Phi) is 6.49. The number of nitrogens with zero attached hydrogens (tertiary/aromatic N) is 4. The summed E-state index contributed by atoms with van der Waals surface area (Å²) in [6.45, 7) is 6.97. The fourth-order valence-corrected chi connectivity index (χ4v) is 3.61. The highest BCUT2D eigenvalue weighted by Gasteiger charge is 2.34. The molecule has 0 radical (unpaired) electrons. The fourth-order valence-electron chi connectivity index (χ4n) is 3.61. The zero-order chi connectivity index (χ0) is 26.2. The second-order valence-electron chi connectivity index (χ2n) is 8.49. The molecule has 8 nitrogen and oxygen atoms in total. The van der Waals surface area contributed by atoms with Crippen molar-refractivity contribution in [1.29, 1.82) is 0 Å². The topological polar surface area (TPSA) is 103 Å². The molecule has 2 heterocycles. The quantitative estimate of drug-likeness (QED) is 0.402. The van der Waals surface area contributed by atoms with E-state index in [4.69, 9.17) is 4.52 Å². The van der Waals surface area contributed by atoms with Gasteiger partial charge < -0.3 is 9.84 Å². The maximum absolute atomic E-state index is 13.6. The van der Waals surface area contributed by atoms with Crippen molar-refractivity contribution in [3.05, 3.63) is 87.1 Å². The van der Waals surface area contributed by atoms with Crippen molar-refractivity contribution < 1.29 is 22.5 Å². The van der Waals surface area contributed by atoms with Crippen LogP contribution >= 0.6 is 0 Å². The van der Waals surface area contributed by atoms with Crippen LogP contribution in [0.3, 0.4) is 0 Å². The molecule has 0 atom stereocenters. The number of rotatable bonds is 5. The number of carbonyl (C=O) groups excluding carboxylic acids is 1. The molecule has 186 valence electrons. The Hall–Kier alpha value is -4.28. The standard InChI is InChI=1S/C25H22F3N5O3/c1-13(2)22-30-24(36-32-22)16-9-7-8-14(3)20(16)29-23(35)21-19(34)12-15(4)33(31-21)18-11-6-5-10-17(18)25(26,27)28/h5-13H,1-4H3,(H,29,35). The van der Waals surface area contributed by atoms with E-state index in [1.54, 1.807) is 25.1 Å². The molecule has 2 aromatic heterocycles. The molecule has 0 saturated carbocycles. The lowest BCUT2D eigenvalue weighted by Crippen LogP contribution is -2.28. The summed E-state index contributed by atoms with van der Waals surface area (Å²) < 4.78 is 47.1. The van der Waals surface area contributed by atoms with Crippen LogP contribution in [0.5, 0.6) is 0 Å². The van der Waals surface area contributed by atoms with Gasteiger partial charge in [0, 0.05) is 17.7 Å². The van der Waals surface area contributed by atoms with Gasteiger partial charge >= 0.3 is 6.18 Å². The highest BCUT2D eigenvalue weighted by atomic mass is 19.4. The molecule has 0 aliphatic heterocycles. The first-order valence-corrected chi connectivity index (χ1v) is 11.0. The summed E-state index contributed by atoms with van der Waals surface area (Å²) in [6, 6.07) is 11.0. The predicted octanol–water partition coefficient (Wildman–Crippen LogP) is 5.29. The number of aryl methyl sites for hydroxylation is 2. The van der Waals surface area contributed by atoms with Gasteiger partial charge in [-0.25, -0.2) is 4.68 Å². The summed E-state index contributed by atoms with van der Waals surface area (Å²) >= 11 is 0. The van der Waals surface area contributed by atoms with Crippen molar-refractivity contribution in [2.24, 2.45) is 0 Å². The van der Waals surface area contributed by atoms with E-state index in [9.17, 15) is 22.8 Å². The maximum Gasteiger partial charge on any atom is 0.418 e. The van der Waals surface area contributed by atoms with Crippen LogP contribution in [-0.4, -0.2) is 25.8 Å². The molecule has 36 heavy (non-hydrogen) atoms. The molecule has 4 aromatic rings. The van der Waals surface area contributed by atoms with Crippen molar-refractivity contribution in [3.8, 4) is 17.1 Å². The SMILES string of the molecule is Cc1cccc(-c2nc(C(C)C)no2)c1NC(=O)c1nn(-c2ccccc2C(F)(F)F)c(C)cc1=O. The second kappa shape index (κ2) is 9.40. The number of hydrogen-bond donors (Lipinski definition) is 1. The third-order valence-corrected chi connectivity index (χ3v) is 5.46. The van der Waals surface area contributed by atoms with Gasteiger partial charge in [0.15, 0.2) is 11.5 Å². The van der Waals surface area contributed by atoms with Crippen LogP contribution in [0.25, 0.3) is 17.1 Å². The minimum Gasteiger partial charge on any atom is -0.334 e. The largest absolute Gasteiger partial charge is 0.418 e. The molecule has 1 N–H and O–H groups in total. The first kappa shape index (κ1) is 24.8. The van der Waals surface area contributed by atoms with Crippen LogP contribution in [0, 0.1) is 13.8 Å². The van der Waals surface area contributed by atoms with Gasteiger partial charge in [-0.05, 0) is 37.6 Å². The van der Waals surface area contributed by atoms with Gasteiger partial charge in [-0.1, -0.05) is 43.3 Å². The maximum atomic E-state index is 13.6. The smallest absolute Gasteiger partial charge is 0.334 e. The molecule has 0 bridgehead atoms. The van der Waals surface area contributed by atoms with E-state index in [2.05, 4.69) is 20.6 Å². The number of hydrogen-bond acceptors (Lipinski definition) is 6. The van der Waals surface area contributed by atoms with E-state index in [0.717, 1.165) is 16.8 Å². The van der Waals surface area contributed by atoms with Crippen LogP contribution in [0.2, 0.25) is 0 Å². The summed E-state index contributed by atoms with van der Waals surface area (Å²) in [4.78, 5) is 30.2. The molecule has 1 amide bonds. The third-order valence-electron chi connectivity index (χ3n) is 5.46. The number of nitrogens with one attached hydrogen (secondary N) is 1. The van der Waals surface area contributed by atoms with Gasteiger partial charge in [0.05, 0.1) is 22.5 Å². The highest BCUT2D eigenvalue weighted by molar-refractivity contribution is 6.05. The Morgan fingerprint density at radius 2 is 1.81 bits per heavy atom. The summed E-state index contributed by atoms with van der Waals surface area (Å²) in [5.74, 6) is -0.223. The zero-order valence-electron chi connectivity index (χ0n) is 19.8. The Morgan fingerprint density at radius 1 is 1.08 bits per heavy atom. The lowest BCUT2D eigenvalue weighted by Gasteiger charge is -2.17. The highest BCUT2D eigenvalue weighted by Crippen LogP contribution is 2.34. The molecular weight excluding hydrogens is 475 g/mol. The molecule has 0 saturated heterocycles. The van der Waals surface area contributed by atoms with Crippen LogP contribution in [0.4, 0.5) is 18.9 Å². The molecule has 0 aliphatic carbocycles. The molecule has 0 spiro atoms. The minimum atomic E-state index is -4.66. The first-order chi connectivity index (χ1) is 17.0. The van der Waals surface area contributed by atoms with E-state index >= 15 is 0 Å². The van der Waals surface area contributed by atoms with E-state index < -0.39 is 28.8 Å². The molecule has 0 unspecified atom stereocenters. The fraction of sp³-hybridized carbons (Fsp3) is 0.240. The zero-order valence-corrected chi connectivity index (χ0v) is 19.8. The third kappa shape index (κ3) is 4.77. The number of para-hydroxylation sites is 2. The monoisotopic (exact) mass is 497 g/mol. The molecule has 2 aromatic carbocycles. The van der Waals surface area contributed by atoms with E-state index in [0.29, 0.717) is 22.6 Å². The van der Waals surface area contributed by atoms with Crippen molar-refractivity contribution in [1.82, 2.24) is 19.9 Å². The van der Waals surface area contributed by atoms with Gasteiger partial charge in [-0.3, -0.25) is 9.59 Å². The van der Waals surface area contributed by atoms with Crippen molar-refractivity contribution in [2.75, 3.05) is 5.32 Å². The Balaban J connectivity index is 1.77. The van der Waals surface area contributed by atoms with Crippen molar-refractivity contribution in [2.45, 2.75) is 39.8 Å². The number of amides is 1. The summed E-state index contributed by atoms with van der Waals surface area (Å²) in [6.07, 6.45) is -4.66. The van der Waals surface area contributed by atoms with E-state index in [1.165, 1.54) is 25.1 Å². The lowest BCUT2D eigenvalue weighted by atomic mass is 10.1. The van der Waals surface area contributed by atoms with Gasteiger partial charge in [-0.15, -0.1) is 0 Å². The van der Waals surface area contributed by atoms with Crippen molar-refractivity contribution in [3.63, 3.8) is 0 Å². The van der Waals surface area contributed by atoms with Gasteiger partial charge in [0.2, 0.25) is 5.43 Å². The average Bonchev–Trinajstić information content (AvgIpc) is 3.30. The van der Waals surface area contributed by atoms with Crippen molar-refractivity contribution >= 4 is 11.6 Å². The summed E-state index contributed by atoms with van der Waals surface area (Å²) in [5.41, 5.74) is -1.05. The molecular formula is C25H22F3N5O3. The molecule has 0 aliphatic rings. The van der Waals surface area contributed by atoms with E-state index in [-0.39, 0.29) is 23.2 Å². The summed E-state index contributed by atoms with van der Waals surface area (Å²) in [5, 5.41) is 10.6. The van der Waals surface area contributed by atoms with Gasteiger partial charge in [0.1, 0.15) is 0 Å². The van der Waals surface area contributed by atoms with Crippen LogP contribution in [0.15, 0.2) is 57.8 Å². The van der Waals surface area contributed by atoms with E-state index in [1.807, 2.05) is 13.8 Å². The number of alkyl halides is 3. The predicted molar refractivity (Wildman–Crippen MR) is 126 cm³/mol. The van der Waals surface area contributed by atoms with Gasteiger partial charge in [0.25, 0.3) is 11.8 Å². The van der Waals surface area contributed by atoms with Crippen LogP contribution in [0.1, 0.15) is 52.9 Å². The van der Waals surface area contributed by atoms with Gasteiger partial charge in [-0.2, -0.15) is 23.3 Å². The molecule has 4 rings (SSSR count). The average molecular weight is 497 g/mol. The summed E-state index contributed by atoms with van der Waals surface area (Å²) in [7, 11) is 0. The lowest BCUT2D eigenvalue weighted by molar-refractivity contribution is -0.137. The Bertz CT molecular complexity index is 1510. The van der Waals surface area contributed by atoms with Crippen LogP contribution < -0.4 is 10.7 Å². The minimum absolute atomic E-state index is 0.0140. The number of halogens is 3. The Morgan fingerprint density at radius 3 is 2.47 bits per heavy atom. The first-order valence-electron chi connectivity index (χ1n) is 11.0. The van der Waals surface area contributed by atoms with Crippen LogP contribution in [-0.2, 0) is 6.18 Å². The molecule has 11 heteroatoms. The molecule has 0 fully saturated rings.